The standard InChI is InChI=1S/C19H21N5O4S2/c1-12(18(25)21-13-8-10-14(11-9-13)30(20,26)27)29-19-23-22-17(24(19)2)15-6-4-5-7-16(15)28-3/h4-12H,1-3H3,(H,21,25)(H2,20,26,27)/t12-/m0/s1. The Morgan fingerprint density at radius 2 is 1.83 bits per heavy atom. The van der Waals surface area contributed by atoms with Gasteiger partial charge in [-0.3, -0.25) is 4.79 Å². The first-order chi connectivity index (χ1) is 14.2. The van der Waals surface area contributed by atoms with Crippen LogP contribution in [-0.2, 0) is 21.9 Å². The highest BCUT2D eigenvalue weighted by molar-refractivity contribution is 8.00. The summed E-state index contributed by atoms with van der Waals surface area (Å²) in [6.45, 7) is 1.75. The number of anilines is 1. The number of benzene rings is 2. The van der Waals surface area contributed by atoms with Crippen LogP contribution in [0.15, 0.2) is 58.6 Å². The van der Waals surface area contributed by atoms with Crippen LogP contribution in [0.3, 0.4) is 0 Å². The molecule has 0 radical (unpaired) electrons. The highest BCUT2D eigenvalue weighted by atomic mass is 32.2. The van der Waals surface area contributed by atoms with Gasteiger partial charge in [-0.05, 0) is 43.3 Å². The maximum absolute atomic E-state index is 12.5. The van der Waals surface area contributed by atoms with Crippen LogP contribution in [0, 0.1) is 0 Å². The maximum Gasteiger partial charge on any atom is 0.238 e. The number of ether oxygens (including phenoxy) is 1. The van der Waals surface area contributed by atoms with E-state index in [9.17, 15) is 13.2 Å². The number of amides is 1. The van der Waals surface area contributed by atoms with Gasteiger partial charge in [-0.25, -0.2) is 13.6 Å². The molecule has 3 aromatic rings. The Hall–Kier alpha value is -2.89. The molecule has 1 aromatic heterocycles. The second-order valence-corrected chi connectivity index (χ2v) is 9.25. The maximum atomic E-state index is 12.5. The lowest BCUT2D eigenvalue weighted by atomic mass is 10.2. The normalized spacial score (nSPS) is 12.4. The molecule has 158 valence electrons. The molecular formula is C19H21N5O4S2. The topological polar surface area (TPSA) is 129 Å². The van der Waals surface area contributed by atoms with Gasteiger partial charge < -0.3 is 14.6 Å². The Morgan fingerprint density at radius 1 is 1.17 bits per heavy atom. The van der Waals surface area contributed by atoms with E-state index in [0.29, 0.717) is 22.4 Å². The van der Waals surface area contributed by atoms with Gasteiger partial charge in [0, 0.05) is 12.7 Å². The van der Waals surface area contributed by atoms with Crippen molar-refractivity contribution < 1.29 is 17.9 Å². The molecule has 0 aliphatic rings. The van der Waals surface area contributed by atoms with Crippen LogP contribution in [0.25, 0.3) is 11.4 Å². The number of sulfonamides is 1. The van der Waals surface area contributed by atoms with Crippen LogP contribution >= 0.6 is 11.8 Å². The second-order valence-electron chi connectivity index (χ2n) is 6.38. The highest BCUT2D eigenvalue weighted by Gasteiger charge is 2.21. The fourth-order valence-electron chi connectivity index (χ4n) is 2.66. The third kappa shape index (κ3) is 4.81. The molecule has 0 unspecified atom stereocenters. The molecule has 3 N–H and O–H groups in total. The van der Waals surface area contributed by atoms with E-state index >= 15 is 0 Å². The van der Waals surface area contributed by atoms with Gasteiger partial charge in [0.25, 0.3) is 0 Å². The first-order valence-corrected chi connectivity index (χ1v) is 11.3. The number of aromatic nitrogens is 3. The Morgan fingerprint density at radius 3 is 2.47 bits per heavy atom. The number of primary sulfonamides is 1. The van der Waals surface area contributed by atoms with Crippen molar-refractivity contribution in [2.75, 3.05) is 12.4 Å². The van der Waals surface area contributed by atoms with E-state index in [0.717, 1.165) is 5.56 Å². The first-order valence-electron chi connectivity index (χ1n) is 8.84. The summed E-state index contributed by atoms with van der Waals surface area (Å²) in [6.07, 6.45) is 0. The van der Waals surface area contributed by atoms with E-state index in [1.54, 1.807) is 18.6 Å². The third-order valence-electron chi connectivity index (χ3n) is 4.28. The van der Waals surface area contributed by atoms with Gasteiger partial charge in [0.15, 0.2) is 11.0 Å². The molecule has 0 aliphatic carbocycles. The fraction of sp³-hybridized carbons (Fsp3) is 0.211. The summed E-state index contributed by atoms with van der Waals surface area (Å²) in [6, 6.07) is 13.1. The highest BCUT2D eigenvalue weighted by Crippen LogP contribution is 2.31. The number of nitrogens with zero attached hydrogens (tertiary/aromatic N) is 3. The number of methoxy groups -OCH3 is 1. The number of nitrogens with two attached hydrogens (primary N) is 1. The molecule has 0 saturated heterocycles. The number of carbonyl (C=O) groups is 1. The summed E-state index contributed by atoms with van der Waals surface area (Å²) in [5.41, 5.74) is 1.27. The van der Waals surface area contributed by atoms with Gasteiger partial charge in [-0.1, -0.05) is 23.9 Å². The first kappa shape index (κ1) is 21.8. The molecular weight excluding hydrogens is 426 g/mol. The summed E-state index contributed by atoms with van der Waals surface area (Å²) in [5.74, 6) is 1.05. The van der Waals surface area contributed by atoms with E-state index in [4.69, 9.17) is 9.88 Å². The second kappa shape index (κ2) is 8.86. The number of rotatable bonds is 7. The smallest absolute Gasteiger partial charge is 0.238 e. The SMILES string of the molecule is COc1ccccc1-c1nnc(S[C@@H](C)C(=O)Nc2ccc(S(N)(=O)=O)cc2)n1C. The molecule has 3 rings (SSSR count). The minimum absolute atomic E-state index is 0.0223. The van der Waals surface area contributed by atoms with E-state index in [2.05, 4.69) is 15.5 Å². The molecule has 0 spiro atoms. The van der Waals surface area contributed by atoms with Crippen molar-refractivity contribution in [2.24, 2.45) is 12.2 Å². The Bertz CT molecular complexity index is 1160. The molecule has 0 fully saturated rings. The van der Waals surface area contributed by atoms with Crippen molar-refractivity contribution in [3.05, 3.63) is 48.5 Å². The van der Waals surface area contributed by atoms with Crippen molar-refractivity contribution in [3.63, 3.8) is 0 Å². The summed E-state index contributed by atoms with van der Waals surface area (Å²) >= 11 is 1.25. The molecule has 9 nitrogen and oxygen atoms in total. The lowest BCUT2D eigenvalue weighted by molar-refractivity contribution is -0.115. The molecule has 0 saturated carbocycles. The average Bonchev–Trinajstić information content (AvgIpc) is 3.07. The van der Waals surface area contributed by atoms with Gasteiger partial charge in [-0.15, -0.1) is 10.2 Å². The third-order valence-corrected chi connectivity index (χ3v) is 6.35. The minimum atomic E-state index is -3.78. The largest absolute Gasteiger partial charge is 0.496 e. The van der Waals surface area contributed by atoms with Gasteiger partial charge in [0.05, 0.1) is 22.8 Å². The van der Waals surface area contributed by atoms with Crippen LogP contribution in [-0.4, -0.2) is 41.4 Å². The van der Waals surface area contributed by atoms with Gasteiger partial charge >= 0.3 is 0 Å². The minimum Gasteiger partial charge on any atom is -0.496 e. The van der Waals surface area contributed by atoms with Crippen molar-refractivity contribution >= 4 is 33.4 Å². The van der Waals surface area contributed by atoms with Crippen LogP contribution in [0.4, 0.5) is 5.69 Å². The molecule has 0 bridgehead atoms. The quantitative estimate of drug-likeness (QED) is 0.531. The number of para-hydroxylation sites is 1. The molecule has 1 heterocycles. The molecule has 2 aromatic carbocycles. The Balaban J connectivity index is 1.71. The molecule has 0 aliphatic heterocycles. The zero-order valence-electron chi connectivity index (χ0n) is 16.6. The lowest BCUT2D eigenvalue weighted by Gasteiger charge is -2.12. The van der Waals surface area contributed by atoms with E-state index in [-0.39, 0.29) is 10.8 Å². The van der Waals surface area contributed by atoms with Crippen molar-refractivity contribution in [1.82, 2.24) is 14.8 Å². The number of thioether (sulfide) groups is 1. The van der Waals surface area contributed by atoms with Crippen molar-refractivity contribution in [1.29, 1.82) is 0 Å². The van der Waals surface area contributed by atoms with Crippen LogP contribution in [0.1, 0.15) is 6.92 Å². The summed E-state index contributed by atoms with van der Waals surface area (Å²) in [4.78, 5) is 12.5. The van der Waals surface area contributed by atoms with Gasteiger partial charge in [0.1, 0.15) is 5.75 Å². The fourth-order valence-corrected chi connectivity index (χ4v) is 4.00. The Labute approximate surface area is 178 Å². The molecule has 30 heavy (non-hydrogen) atoms. The summed E-state index contributed by atoms with van der Waals surface area (Å²) in [5, 5.41) is 16.3. The van der Waals surface area contributed by atoms with E-state index in [1.807, 2.05) is 31.3 Å². The summed E-state index contributed by atoms with van der Waals surface area (Å²) < 4.78 is 29.8. The lowest BCUT2D eigenvalue weighted by Crippen LogP contribution is -2.23. The van der Waals surface area contributed by atoms with Crippen molar-refractivity contribution in [2.45, 2.75) is 22.2 Å². The number of hydrogen-bond acceptors (Lipinski definition) is 7. The average molecular weight is 448 g/mol. The Kier molecular flexibility index (Phi) is 6.44. The monoisotopic (exact) mass is 447 g/mol. The van der Waals surface area contributed by atoms with Crippen molar-refractivity contribution in [3.8, 4) is 17.1 Å². The van der Waals surface area contributed by atoms with Crippen LogP contribution in [0.5, 0.6) is 5.75 Å². The molecule has 1 amide bonds. The number of nitrogens with one attached hydrogen (secondary N) is 1. The van der Waals surface area contributed by atoms with Gasteiger partial charge in [0.2, 0.25) is 15.9 Å². The predicted octanol–water partition coefficient (Wildman–Crippen LogP) is 2.26. The van der Waals surface area contributed by atoms with E-state index in [1.165, 1.54) is 36.0 Å². The molecule has 1 atom stereocenters. The number of carbonyl (C=O) groups excluding carboxylic acids is 1. The molecule has 11 heteroatoms. The predicted molar refractivity (Wildman–Crippen MR) is 115 cm³/mol. The number of hydrogen-bond donors (Lipinski definition) is 2. The van der Waals surface area contributed by atoms with E-state index < -0.39 is 15.3 Å². The van der Waals surface area contributed by atoms with Crippen LogP contribution < -0.4 is 15.2 Å². The zero-order valence-corrected chi connectivity index (χ0v) is 18.2. The zero-order chi connectivity index (χ0) is 21.9. The summed E-state index contributed by atoms with van der Waals surface area (Å²) in [7, 11) is -0.369. The van der Waals surface area contributed by atoms with Crippen LogP contribution in [0.2, 0.25) is 0 Å². The van der Waals surface area contributed by atoms with Gasteiger partial charge in [-0.2, -0.15) is 0 Å².